The van der Waals surface area contributed by atoms with Crippen LogP contribution in [0.25, 0.3) is 22.0 Å². The third-order valence-corrected chi connectivity index (χ3v) is 6.05. The first-order chi connectivity index (χ1) is 15.4. The fourth-order valence-electron chi connectivity index (χ4n) is 4.31. The highest BCUT2D eigenvalue weighted by molar-refractivity contribution is 6.30. The summed E-state index contributed by atoms with van der Waals surface area (Å²) in [5.41, 5.74) is 3.19. The molecule has 0 saturated heterocycles. The topological polar surface area (TPSA) is 80.1 Å². The Labute approximate surface area is 188 Å². The molecule has 0 radical (unpaired) electrons. The van der Waals surface area contributed by atoms with Crippen molar-refractivity contribution >= 4 is 28.3 Å². The normalized spacial score (nSPS) is 16.6. The van der Waals surface area contributed by atoms with Crippen LogP contribution in [0.4, 0.5) is 4.39 Å². The first-order valence-corrected chi connectivity index (χ1v) is 10.7. The predicted octanol–water partition coefficient (Wildman–Crippen LogP) is 4.64. The molecule has 8 heteroatoms. The Kier molecular flexibility index (Phi) is 5.23. The van der Waals surface area contributed by atoms with Crippen molar-refractivity contribution in [2.24, 2.45) is 5.92 Å². The number of aromatic nitrogens is 3. The number of carbonyl (C=O) groups excluding carboxylic acids is 1. The second kappa shape index (κ2) is 8.07. The SMILES string of the molecule is CC(O)Cn1cc(C(=O)[C@@H]2COc3ccc(Cl)cc3C2)c2ccc(-c3cn[nH]c3F)cc21. The molecule has 164 valence electrons. The summed E-state index contributed by atoms with van der Waals surface area (Å²) in [6.07, 6.45) is 3.11. The van der Waals surface area contributed by atoms with E-state index in [1.165, 1.54) is 6.20 Å². The number of Topliss-reactive ketones (excluding diaryl/α,β-unsaturated/α-hetero) is 1. The Balaban J connectivity index is 1.55. The number of halogens is 2. The molecule has 32 heavy (non-hydrogen) atoms. The van der Waals surface area contributed by atoms with E-state index in [0.29, 0.717) is 34.7 Å². The van der Waals surface area contributed by atoms with Gasteiger partial charge in [0.15, 0.2) is 5.78 Å². The molecular formula is C24H21ClFN3O3. The summed E-state index contributed by atoms with van der Waals surface area (Å²) in [6.45, 7) is 2.28. The summed E-state index contributed by atoms with van der Waals surface area (Å²) in [5, 5.41) is 17.4. The van der Waals surface area contributed by atoms with E-state index in [0.717, 1.165) is 22.2 Å². The van der Waals surface area contributed by atoms with Gasteiger partial charge in [-0.05, 0) is 48.7 Å². The Bertz CT molecular complexity index is 1330. The number of H-pyrrole nitrogens is 1. The zero-order valence-electron chi connectivity index (χ0n) is 17.3. The minimum absolute atomic E-state index is 0.0350. The second-order valence-corrected chi connectivity index (χ2v) is 8.64. The molecule has 0 amide bonds. The average Bonchev–Trinajstić information content (AvgIpc) is 3.35. The van der Waals surface area contributed by atoms with E-state index >= 15 is 0 Å². The van der Waals surface area contributed by atoms with Crippen LogP contribution in [0.1, 0.15) is 22.8 Å². The number of aliphatic hydroxyl groups is 1. The summed E-state index contributed by atoms with van der Waals surface area (Å²) < 4.78 is 21.7. The Morgan fingerprint density at radius 1 is 1.38 bits per heavy atom. The van der Waals surface area contributed by atoms with Crippen molar-refractivity contribution in [3.8, 4) is 16.9 Å². The molecular weight excluding hydrogens is 433 g/mol. The van der Waals surface area contributed by atoms with E-state index in [4.69, 9.17) is 16.3 Å². The van der Waals surface area contributed by atoms with Crippen LogP contribution >= 0.6 is 11.6 Å². The van der Waals surface area contributed by atoms with Crippen molar-refractivity contribution in [2.45, 2.75) is 26.0 Å². The molecule has 5 rings (SSSR count). The average molecular weight is 454 g/mol. The van der Waals surface area contributed by atoms with Gasteiger partial charge in [0.1, 0.15) is 5.75 Å². The van der Waals surface area contributed by atoms with Crippen molar-refractivity contribution in [3.05, 3.63) is 70.9 Å². The van der Waals surface area contributed by atoms with E-state index in [-0.39, 0.29) is 18.3 Å². The van der Waals surface area contributed by atoms with E-state index < -0.39 is 12.1 Å². The van der Waals surface area contributed by atoms with Gasteiger partial charge in [-0.15, -0.1) is 0 Å². The Morgan fingerprint density at radius 2 is 2.22 bits per heavy atom. The molecule has 1 unspecified atom stereocenters. The number of rotatable bonds is 5. The molecule has 0 fully saturated rings. The van der Waals surface area contributed by atoms with Crippen molar-refractivity contribution in [1.82, 2.24) is 14.8 Å². The highest BCUT2D eigenvalue weighted by Gasteiger charge is 2.29. The van der Waals surface area contributed by atoms with Crippen LogP contribution in [0.2, 0.25) is 5.02 Å². The first-order valence-electron chi connectivity index (χ1n) is 10.4. The number of fused-ring (bicyclic) bond motifs is 2. The minimum atomic E-state index is -0.616. The van der Waals surface area contributed by atoms with Gasteiger partial charge in [0.05, 0.1) is 30.4 Å². The Morgan fingerprint density at radius 3 is 2.97 bits per heavy atom. The number of aliphatic hydroxyl groups excluding tert-OH is 1. The molecule has 2 N–H and O–H groups in total. The summed E-state index contributed by atoms with van der Waals surface area (Å²) in [5.74, 6) is -0.155. The molecule has 6 nitrogen and oxygen atoms in total. The molecule has 2 aromatic carbocycles. The predicted molar refractivity (Wildman–Crippen MR) is 120 cm³/mol. The third kappa shape index (κ3) is 3.67. The van der Waals surface area contributed by atoms with Gasteiger partial charge in [-0.3, -0.25) is 9.89 Å². The monoisotopic (exact) mass is 453 g/mol. The summed E-state index contributed by atoms with van der Waals surface area (Å²) in [6, 6.07) is 10.8. The number of nitrogens with zero attached hydrogens (tertiary/aromatic N) is 2. The van der Waals surface area contributed by atoms with Gasteiger partial charge >= 0.3 is 0 Å². The van der Waals surface area contributed by atoms with Crippen molar-refractivity contribution < 1.29 is 19.0 Å². The number of nitrogens with one attached hydrogen (secondary N) is 1. The standard InChI is InChI=1S/C24H21ClFN3O3/c1-13(30)10-29-11-20(18-4-2-14(8-21(18)29)19-9-27-28-24(19)26)23(31)16-6-15-7-17(25)3-5-22(15)32-12-16/h2-5,7-9,11,13,16,30H,6,10,12H2,1H3,(H,27,28)/t13?,16-/m0/s1. The summed E-state index contributed by atoms with van der Waals surface area (Å²) in [7, 11) is 0. The number of ether oxygens (including phenoxy) is 1. The number of hydrogen-bond donors (Lipinski definition) is 2. The highest BCUT2D eigenvalue weighted by Crippen LogP contribution is 2.34. The van der Waals surface area contributed by atoms with Crippen LogP contribution in [0.15, 0.2) is 48.8 Å². The maximum atomic E-state index is 14.0. The Hall–Kier alpha value is -3.16. The fourth-order valence-corrected chi connectivity index (χ4v) is 4.51. The molecule has 3 heterocycles. The maximum absolute atomic E-state index is 14.0. The van der Waals surface area contributed by atoms with E-state index in [2.05, 4.69) is 10.2 Å². The smallest absolute Gasteiger partial charge is 0.216 e. The molecule has 2 atom stereocenters. The van der Waals surface area contributed by atoms with Gasteiger partial charge in [-0.2, -0.15) is 9.49 Å². The molecule has 4 aromatic rings. The minimum Gasteiger partial charge on any atom is -0.493 e. The largest absolute Gasteiger partial charge is 0.493 e. The maximum Gasteiger partial charge on any atom is 0.216 e. The van der Waals surface area contributed by atoms with E-state index in [1.807, 2.05) is 28.8 Å². The lowest BCUT2D eigenvalue weighted by Gasteiger charge is -2.24. The van der Waals surface area contributed by atoms with Crippen LogP contribution in [-0.2, 0) is 13.0 Å². The lowest BCUT2D eigenvalue weighted by molar-refractivity contribution is 0.0856. The fraction of sp³-hybridized carbons (Fsp3) is 0.250. The van der Waals surface area contributed by atoms with E-state index in [1.54, 1.807) is 25.3 Å². The number of hydrogen-bond acceptors (Lipinski definition) is 4. The van der Waals surface area contributed by atoms with Gasteiger partial charge in [-0.1, -0.05) is 23.7 Å². The van der Waals surface area contributed by atoms with Crippen molar-refractivity contribution in [2.75, 3.05) is 6.61 Å². The molecule has 0 saturated carbocycles. The molecule has 0 aliphatic carbocycles. The molecule has 1 aliphatic heterocycles. The number of benzene rings is 2. The van der Waals surface area contributed by atoms with Crippen LogP contribution in [0.3, 0.4) is 0 Å². The van der Waals surface area contributed by atoms with E-state index in [9.17, 15) is 14.3 Å². The molecule has 1 aliphatic rings. The summed E-state index contributed by atoms with van der Waals surface area (Å²) in [4.78, 5) is 13.5. The molecule has 2 aromatic heterocycles. The molecule has 0 bridgehead atoms. The quantitative estimate of drug-likeness (QED) is 0.431. The van der Waals surface area contributed by atoms with Crippen molar-refractivity contribution in [3.63, 3.8) is 0 Å². The zero-order valence-corrected chi connectivity index (χ0v) is 18.1. The van der Waals surface area contributed by atoms with Gasteiger partial charge in [0, 0.05) is 34.2 Å². The van der Waals surface area contributed by atoms with Gasteiger partial charge in [0.25, 0.3) is 0 Å². The lowest BCUT2D eigenvalue weighted by atomic mass is 9.89. The lowest BCUT2D eigenvalue weighted by Crippen LogP contribution is -2.28. The van der Waals surface area contributed by atoms with Gasteiger partial charge < -0.3 is 14.4 Å². The summed E-state index contributed by atoms with van der Waals surface area (Å²) >= 11 is 6.12. The van der Waals surface area contributed by atoms with Crippen molar-refractivity contribution in [1.29, 1.82) is 0 Å². The van der Waals surface area contributed by atoms with Crippen LogP contribution < -0.4 is 4.74 Å². The van der Waals surface area contributed by atoms with Crippen LogP contribution in [0.5, 0.6) is 5.75 Å². The second-order valence-electron chi connectivity index (χ2n) is 8.20. The van der Waals surface area contributed by atoms with Crippen LogP contribution in [0, 0.1) is 11.9 Å². The van der Waals surface area contributed by atoms with Gasteiger partial charge in [0.2, 0.25) is 5.95 Å². The number of carbonyl (C=O) groups is 1. The van der Waals surface area contributed by atoms with Crippen LogP contribution in [-0.4, -0.2) is 38.4 Å². The first kappa shape index (κ1) is 20.7. The number of aromatic amines is 1. The number of ketones is 1. The molecule has 0 spiro atoms. The van der Waals surface area contributed by atoms with Gasteiger partial charge in [-0.25, -0.2) is 0 Å². The highest BCUT2D eigenvalue weighted by atomic mass is 35.5. The zero-order chi connectivity index (χ0) is 22.4. The third-order valence-electron chi connectivity index (χ3n) is 5.81.